The highest BCUT2D eigenvalue weighted by molar-refractivity contribution is 6.14. The number of aromatic nitrogens is 1. The Morgan fingerprint density at radius 2 is 2.19 bits per heavy atom. The van der Waals surface area contributed by atoms with Crippen molar-refractivity contribution in [3.05, 3.63) is 65.3 Å². The molecule has 0 unspecified atom stereocenters. The summed E-state index contributed by atoms with van der Waals surface area (Å²) in [4.78, 5) is 16.8. The number of nitrogens with one attached hydrogen (secondary N) is 3. The van der Waals surface area contributed by atoms with Crippen LogP contribution in [0.1, 0.15) is 18.5 Å². The number of allylic oxidation sites excluding steroid dienone is 4. The maximum absolute atomic E-state index is 12.6. The number of amides is 1. The second-order valence-electron chi connectivity index (χ2n) is 6.33. The summed E-state index contributed by atoms with van der Waals surface area (Å²) in [5.41, 5.74) is 1.20. The Balaban J connectivity index is 1.77. The van der Waals surface area contributed by atoms with Gasteiger partial charge in [0.1, 0.15) is 18.1 Å². The second-order valence-corrected chi connectivity index (χ2v) is 6.33. The molecule has 26 heavy (non-hydrogen) atoms. The van der Waals surface area contributed by atoms with Crippen molar-refractivity contribution in [1.82, 2.24) is 15.6 Å². The molecule has 136 valence electrons. The van der Waals surface area contributed by atoms with Crippen molar-refractivity contribution in [2.45, 2.75) is 25.0 Å². The van der Waals surface area contributed by atoms with E-state index in [-0.39, 0.29) is 23.9 Å². The van der Waals surface area contributed by atoms with Gasteiger partial charge in [0.2, 0.25) is 0 Å². The van der Waals surface area contributed by atoms with Gasteiger partial charge in [0.15, 0.2) is 0 Å². The summed E-state index contributed by atoms with van der Waals surface area (Å²) in [6.45, 7) is 0.211. The molecule has 3 rings (SSSR count). The van der Waals surface area contributed by atoms with E-state index in [0.717, 1.165) is 18.5 Å². The Morgan fingerprint density at radius 3 is 2.81 bits per heavy atom. The summed E-state index contributed by atoms with van der Waals surface area (Å²) in [5, 5.41) is 23.2. The monoisotopic (exact) mass is 354 g/mol. The lowest BCUT2D eigenvalue weighted by Gasteiger charge is -2.19. The average Bonchev–Trinajstić information content (AvgIpc) is 3.43. The van der Waals surface area contributed by atoms with Gasteiger partial charge in [0.25, 0.3) is 5.91 Å². The van der Waals surface area contributed by atoms with Crippen molar-refractivity contribution < 1.29 is 14.6 Å². The third-order valence-electron chi connectivity index (χ3n) is 4.39. The Morgan fingerprint density at radius 1 is 1.38 bits per heavy atom. The standard InChI is InChI=1S/C19H22N4O3/c1-21-17(18(25)23-19(12-24)7-8-19)15-10-14(5-6-16(15)20)26-11-13-4-2-3-9-22-13/h2-6,9-10,20-21,24H,7-8,11-12H2,1H3,(H,23,25)/b17-15-,20-16?. The zero-order valence-corrected chi connectivity index (χ0v) is 14.6. The third-order valence-corrected chi connectivity index (χ3v) is 4.39. The highest BCUT2D eigenvalue weighted by atomic mass is 16.5. The van der Waals surface area contributed by atoms with E-state index >= 15 is 0 Å². The second kappa shape index (κ2) is 7.53. The van der Waals surface area contributed by atoms with Crippen LogP contribution in [0.15, 0.2) is 59.7 Å². The van der Waals surface area contributed by atoms with Gasteiger partial charge in [0, 0.05) is 18.8 Å². The van der Waals surface area contributed by atoms with E-state index in [0.29, 0.717) is 17.9 Å². The van der Waals surface area contributed by atoms with E-state index < -0.39 is 5.54 Å². The first-order valence-corrected chi connectivity index (χ1v) is 8.44. The molecule has 1 aromatic heterocycles. The van der Waals surface area contributed by atoms with Crippen LogP contribution in [0.5, 0.6) is 0 Å². The number of likely N-dealkylation sites (N-methyl/N-ethyl adjacent to an activating group) is 1. The molecule has 0 aliphatic heterocycles. The molecular weight excluding hydrogens is 332 g/mol. The SMILES string of the molecule is CN/C(C(=O)NC1(CO)CC1)=C1/C=C(OCc2ccccn2)C=CC1=N. The van der Waals surface area contributed by atoms with Crippen LogP contribution in [-0.2, 0) is 16.1 Å². The van der Waals surface area contributed by atoms with Gasteiger partial charge in [0.05, 0.1) is 23.6 Å². The van der Waals surface area contributed by atoms with E-state index in [9.17, 15) is 9.90 Å². The van der Waals surface area contributed by atoms with Crippen molar-refractivity contribution in [2.75, 3.05) is 13.7 Å². The molecule has 1 amide bonds. The molecule has 2 aliphatic rings. The van der Waals surface area contributed by atoms with Crippen LogP contribution in [0.4, 0.5) is 0 Å². The Hall–Kier alpha value is -2.93. The number of pyridine rings is 1. The van der Waals surface area contributed by atoms with Gasteiger partial charge in [-0.2, -0.15) is 0 Å². The molecule has 0 saturated heterocycles. The lowest BCUT2D eigenvalue weighted by Crippen LogP contribution is -2.43. The Kier molecular flexibility index (Phi) is 5.18. The highest BCUT2D eigenvalue weighted by Gasteiger charge is 2.44. The van der Waals surface area contributed by atoms with Crippen LogP contribution in [0.3, 0.4) is 0 Å². The molecule has 0 aromatic carbocycles. The molecule has 2 aliphatic carbocycles. The van der Waals surface area contributed by atoms with Crippen molar-refractivity contribution in [3.8, 4) is 0 Å². The van der Waals surface area contributed by atoms with Gasteiger partial charge < -0.3 is 25.9 Å². The highest BCUT2D eigenvalue weighted by Crippen LogP contribution is 2.34. The number of carbonyl (C=O) groups is 1. The van der Waals surface area contributed by atoms with Gasteiger partial charge in [-0.25, -0.2) is 0 Å². The molecule has 0 atom stereocenters. The van der Waals surface area contributed by atoms with E-state index in [1.165, 1.54) is 0 Å². The molecular formula is C19H22N4O3. The quantitative estimate of drug-likeness (QED) is 0.550. The lowest BCUT2D eigenvalue weighted by molar-refractivity contribution is -0.119. The van der Waals surface area contributed by atoms with Crippen molar-refractivity contribution >= 4 is 11.6 Å². The summed E-state index contributed by atoms with van der Waals surface area (Å²) in [5.74, 6) is 0.208. The first kappa shape index (κ1) is 17.9. The molecule has 4 N–H and O–H groups in total. The van der Waals surface area contributed by atoms with Crippen molar-refractivity contribution in [1.29, 1.82) is 5.41 Å². The van der Waals surface area contributed by atoms with Crippen molar-refractivity contribution in [3.63, 3.8) is 0 Å². The number of carbonyl (C=O) groups excluding carboxylic acids is 1. The summed E-state index contributed by atoms with van der Waals surface area (Å²) in [7, 11) is 1.63. The lowest BCUT2D eigenvalue weighted by atomic mass is 10.0. The van der Waals surface area contributed by atoms with Gasteiger partial charge >= 0.3 is 0 Å². The number of rotatable bonds is 7. The van der Waals surface area contributed by atoms with Crippen LogP contribution in [-0.4, -0.2) is 40.9 Å². The largest absolute Gasteiger partial charge is 0.487 e. The minimum Gasteiger partial charge on any atom is -0.487 e. The topological polar surface area (TPSA) is 107 Å². The fraction of sp³-hybridized carbons (Fsp3) is 0.316. The Labute approximate surface area is 152 Å². The van der Waals surface area contributed by atoms with E-state index in [4.69, 9.17) is 10.1 Å². The number of hydrogen-bond donors (Lipinski definition) is 4. The molecule has 0 spiro atoms. The minimum absolute atomic E-state index is 0.0866. The van der Waals surface area contributed by atoms with Crippen LogP contribution in [0, 0.1) is 5.41 Å². The number of aliphatic hydroxyl groups excluding tert-OH is 1. The summed E-state index contributed by atoms with van der Waals surface area (Å²) >= 11 is 0. The zero-order valence-electron chi connectivity index (χ0n) is 14.6. The normalized spacial score (nSPS) is 19.5. The summed E-state index contributed by atoms with van der Waals surface area (Å²) in [6, 6.07) is 5.58. The summed E-state index contributed by atoms with van der Waals surface area (Å²) < 4.78 is 5.74. The zero-order chi connectivity index (χ0) is 18.6. The van der Waals surface area contributed by atoms with E-state index in [1.54, 1.807) is 31.5 Å². The minimum atomic E-state index is -0.519. The number of nitrogens with zero attached hydrogens (tertiary/aromatic N) is 1. The van der Waals surface area contributed by atoms with Crippen LogP contribution < -0.4 is 10.6 Å². The van der Waals surface area contributed by atoms with Crippen molar-refractivity contribution in [2.24, 2.45) is 0 Å². The van der Waals surface area contributed by atoms with E-state index in [1.807, 2.05) is 18.2 Å². The first-order valence-electron chi connectivity index (χ1n) is 8.44. The molecule has 1 aromatic rings. The van der Waals surface area contributed by atoms with Gasteiger partial charge in [-0.1, -0.05) is 6.07 Å². The van der Waals surface area contributed by atoms with Gasteiger partial charge in [-0.15, -0.1) is 0 Å². The molecule has 1 heterocycles. The number of hydrogen-bond acceptors (Lipinski definition) is 6. The van der Waals surface area contributed by atoms with Gasteiger partial charge in [-0.3, -0.25) is 9.78 Å². The first-order chi connectivity index (χ1) is 12.6. The molecule has 7 heteroatoms. The fourth-order valence-corrected chi connectivity index (χ4v) is 2.61. The predicted octanol–water partition coefficient (Wildman–Crippen LogP) is 1.19. The summed E-state index contributed by atoms with van der Waals surface area (Å²) in [6.07, 6.45) is 8.15. The molecule has 0 bridgehead atoms. The number of ether oxygens (including phenoxy) is 1. The van der Waals surface area contributed by atoms with Gasteiger partial charge in [-0.05, 0) is 43.2 Å². The molecule has 7 nitrogen and oxygen atoms in total. The molecule has 1 saturated carbocycles. The number of aliphatic hydroxyl groups is 1. The Bertz CT molecular complexity index is 792. The third kappa shape index (κ3) is 4.00. The van der Waals surface area contributed by atoms with Crippen LogP contribution >= 0.6 is 0 Å². The smallest absolute Gasteiger partial charge is 0.268 e. The average molecular weight is 354 g/mol. The van der Waals surface area contributed by atoms with Crippen LogP contribution in [0.25, 0.3) is 0 Å². The maximum Gasteiger partial charge on any atom is 0.268 e. The predicted molar refractivity (Wildman–Crippen MR) is 97.3 cm³/mol. The molecule has 0 radical (unpaired) electrons. The van der Waals surface area contributed by atoms with E-state index in [2.05, 4.69) is 15.6 Å². The maximum atomic E-state index is 12.6. The van der Waals surface area contributed by atoms with Crippen LogP contribution in [0.2, 0.25) is 0 Å². The molecule has 1 fully saturated rings. The fourth-order valence-electron chi connectivity index (χ4n) is 2.61.